The van der Waals surface area contributed by atoms with Crippen LogP contribution in [0.1, 0.15) is 28.8 Å². The summed E-state index contributed by atoms with van der Waals surface area (Å²) in [6.45, 7) is 1.08. The van der Waals surface area contributed by atoms with Gasteiger partial charge in [-0.1, -0.05) is 48.5 Å². The number of nitrogens with zero attached hydrogens (tertiary/aromatic N) is 3. The lowest BCUT2D eigenvalue weighted by Gasteiger charge is -2.38. The minimum atomic E-state index is -0.760. The second kappa shape index (κ2) is 7.90. The molecule has 2 heterocycles. The molecule has 1 saturated heterocycles. The Labute approximate surface area is 164 Å². The summed E-state index contributed by atoms with van der Waals surface area (Å²) in [4.78, 5) is 23.2. The van der Waals surface area contributed by atoms with Crippen molar-refractivity contribution in [2.24, 2.45) is 0 Å². The van der Waals surface area contributed by atoms with Crippen molar-refractivity contribution in [3.8, 4) is 11.3 Å². The van der Waals surface area contributed by atoms with E-state index >= 15 is 0 Å². The molecule has 0 aliphatic carbocycles. The van der Waals surface area contributed by atoms with Gasteiger partial charge in [-0.2, -0.15) is 0 Å². The highest BCUT2D eigenvalue weighted by Crippen LogP contribution is 2.29. The van der Waals surface area contributed by atoms with E-state index in [0.717, 1.165) is 16.8 Å². The minimum Gasteiger partial charge on any atom is -0.389 e. The Morgan fingerprint density at radius 3 is 2.43 bits per heavy atom. The predicted octanol–water partition coefficient (Wildman–Crippen LogP) is 3.35. The molecular weight excluding hydrogens is 350 g/mol. The smallest absolute Gasteiger partial charge is 0.254 e. The first-order chi connectivity index (χ1) is 13.6. The number of carbonyl (C=O) groups excluding carboxylic acids is 1. The van der Waals surface area contributed by atoms with Gasteiger partial charge in [0.15, 0.2) is 0 Å². The maximum Gasteiger partial charge on any atom is 0.254 e. The Morgan fingerprint density at radius 1 is 1.00 bits per heavy atom. The summed E-state index contributed by atoms with van der Waals surface area (Å²) in [5.41, 5.74) is 2.54. The van der Waals surface area contributed by atoms with Crippen molar-refractivity contribution in [2.75, 3.05) is 13.1 Å². The lowest BCUT2D eigenvalue weighted by atomic mass is 9.85. The molecule has 28 heavy (non-hydrogen) atoms. The third-order valence-electron chi connectivity index (χ3n) is 5.37. The molecule has 1 amide bonds. The average Bonchev–Trinajstić information content (AvgIpc) is 2.75. The maximum atomic E-state index is 13.2. The summed E-state index contributed by atoms with van der Waals surface area (Å²) in [5, 5.41) is 11.0. The van der Waals surface area contributed by atoms with E-state index in [0.29, 0.717) is 37.9 Å². The minimum absolute atomic E-state index is 0.0176. The van der Waals surface area contributed by atoms with E-state index in [1.807, 2.05) is 59.5 Å². The van der Waals surface area contributed by atoms with E-state index < -0.39 is 5.60 Å². The summed E-state index contributed by atoms with van der Waals surface area (Å²) in [7, 11) is 0. The van der Waals surface area contributed by atoms with E-state index in [-0.39, 0.29) is 5.91 Å². The number of carbonyl (C=O) groups is 1. The Hall–Kier alpha value is -3.05. The number of piperidine rings is 1. The average molecular weight is 373 g/mol. The molecule has 0 saturated carbocycles. The third-order valence-corrected chi connectivity index (χ3v) is 5.37. The molecule has 142 valence electrons. The first-order valence-electron chi connectivity index (χ1n) is 9.56. The second-order valence-corrected chi connectivity index (χ2v) is 7.32. The summed E-state index contributed by atoms with van der Waals surface area (Å²) < 4.78 is 0. The second-order valence-electron chi connectivity index (χ2n) is 7.32. The van der Waals surface area contributed by atoms with E-state index in [1.165, 1.54) is 6.33 Å². The number of aliphatic hydroxyl groups is 1. The predicted molar refractivity (Wildman–Crippen MR) is 108 cm³/mol. The molecule has 1 fully saturated rings. The van der Waals surface area contributed by atoms with Crippen molar-refractivity contribution in [1.82, 2.24) is 14.9 Å². The molecule has 1 aliphatic heterocycles. The van der Waals surface area contributed by atoms with Crippen LogP contribution in [-0.4, -0.2) is 44.6 Å². The number of aromatic nitrogens is 2. The summed E-state index contributed by atoms with van der Waals surface area (Å²) in [6, 6.07) is 19.3. The first kappa shape index (κ1) is 18.3. The van der Waals surface area contributed by atoms with Crippen LogP contribution in [0.15, 0.2) is 73.2 Å². The summed E-state index contributed by atoms with van der Waals surface area (Å²) in [5.74, 6) is -0.0176. The van der Waals surface area contributed by atoms with Crippen LogP contribution in [0.25, 0.3) is 11.3 Å². The van der Waals surface area contributed by atoms with Crippen molar-refractivity contribution in [1.29, 1.82) is 0 Å². The van der Waals surface area contributed by atoms with Crippen LogP contribution in [-0.2, 0) is 6.42 Å². The number of benzene rings is 2. The molecule has 5 heteroatoms. The van der Waals surface area contributed by atoms with Crippen molar-refractivity contribution in [3.63, 3.8) is 0 Å². The van der Waals surface area contributed by atoms with Gasteiger partial charge in [0.1, 0.15) is 6.33 Å². The SMILES string of the molecule is O=C(c1ccccc1-c1ccncn1)N1CCC(O)(Cc2ccccc2)CC1. The maximum absolute atomic E-state index is 13.2. The van der Waals surface area contributed by atoms with E-state index in [4.69, 9.17) is 0 Å². The molecule has 3 aromatic rings. The van der Waals surface area contributed by atoms with Crippen molar-refractivity contribution >= 4 is 5.91 Å². The van der Waals surface area contributed by atoms with Gasteiger partial charge < -0.3 is 10.0 Å². The van der Waals surface area contributed by atoms with Crippen molar-refractivity contribution in [2.45, 2.75) is 24.9 Å². The number of hydrogen-bond acceptors (Lipinski definition) is 4. The van der Waals surface area contributed by atoms with Crippen LogP contribution in [0.5, 0.6) is 0 Å². The van der Waals surface area contributed by atoms with Crippen LogP contribution < -0.4 is 0 Å². The van der Waals surface area contributed by atoms with Crippen LogP contribution in [0.4, 0.5) is 0 Å². The molecule has 2 aromatic carbocycles. The van der Waals surface area contributed by atoms with E-state index in [1.54, 1.807) is 12.3 Å². The fraction of sp³-hybridized carbons (Fsp3) is 0.261. The van der Waals surface area contributed by atoms with E-state index in [2.05, 4.69) is 9.97 Å². The highest BCUT2D eigenvalue weighted by atomic mass is 16.3. The van der Waals surface area contributed by atoms with Crippen LogP contribution in [0.2, 0.25) is 0 Å². The van der Waals surface area contributed by atoms with Gasteiger partial charge in [-0.25, -0.2) is 9.97 Å². The zero-order valence-electron chi connectivity index (χ0n) is 15.7. The van der Waals surface area contributed by atoms with Crippen LogP contribution in [0.3, 0.4) is 0 Å². The third kappa shape index (κ3) is 3.94. The normalized spacial score (nSPS) is 16.0. The zero-order chi connectivity index (χ0) is 19.4. The monoisotopic (exact) mass is 373 g/mol. The fourth-order valence-corrected chi connectivity index (χ4v) is 3.79. The Bertz CT molecular complexity index is 936. The number of rotatable bonds is 4. The van der Waals surface area contributed by atoms with Gasteiger partial charge in [0, 0.05) is 36.8 Å². The van der Waals surface area contributed by atoms with Crippen LogP contribution >= 0.6 is 0 Å². The summed E-state index contributed by atoms with van der Waals surface area (Å²) >= 11 is 0. The standard InChI is InChI=1S/C23H23N3O2/c27-22(20-9-5-4-8-19(20)21-10-13-24-17-25-21)26-14-11-23(28,12-15-26)16-18-6-2-1-3-7-18/h1-10,13,17,28H,11-12,14-16H2. The number of amides is 1. The highest BCUT2D eigenvalue weighted by molar-refractivity contribution is 6.00. The van der Waals surface area contributed by atoms with Gasteiger partial charge in [-0.15, -0.1) is 0 Å². The Balaban J connectivity index is 1.48. The van der Waals surface area contributed by atoms with Crippen molar-refractivity contribution in [3.05, 3.63) is 84.3 Å². The fourth-order valence-electron chi connectivity index (χ4n) is 3.79. The molecule has 5 nitrogen and oxygen atoms in total. The zero-order valence-corrected chi connectivity index (χ0v) is 15.7. The van der Waals surface area contributed by atoms with Gasteiger partial charge in [0.05, 0.1) is 11.3 Å². The van der Waals surface area contributed by atoms with E-state index in [9.17, 15) is 9.90 Å². The quantitative estimate of drug-likeness (QED) is 0.762. The van der Waals surface area contributed by atoms with Gasteiger partial charge >= 0.3 is 0 Å². The highest BCUT2D eigenvalue weighted by Gasteiger charge is 2.34. The lowest BCUT2D eigenvalue weighted by molar-refractivity contribution is -0.0162. The Morgan fingerprint density at radius 2 is 1.71 bits per heavy atom. The Kier molecular flexibility index (Phi) is 5.17. The molecule has 0 unspecified atom stereocenters. The summed E-state index contributed by atoms with van der Waals surface area (Å²) in [6.07, 6.45) is 4.93. The molecule has 1 N–H and O–H groups in total. The number of likely N-dealkylation sites (tertiary alicyclic amines) is 1. The van der Waals surface area contributed by atoms with Crippen molar-refractivity contribution < 1.29 is 9.90 Å². The molecule has 0 atom stereocenters. The number of hydrogen-bond donors (Lipinski definition) is 1. The lowest BCUT2D eigenvalue weighted by Crippen LogP contribution is -2.47. The largest absolute Gasteiger partial charge is 0.389 e. The molecule has 0 bridgehead atoms. The molecular formula is C23H23N3O2. The first-order valence-corrected chi connectivity index (χ1v) is 9.56. The molecule has 1 aliphatic rings. The topological polar surface area (TPSA) is 66.3 Å². The molecule has 1 aromatic heterocycles. The molecule has 0 radical (unpaired) electrons. The van der Waals surface area contributed by atoms with Gasteiger partial charge in [-0.05, 0) is 30.5 Å². The molecule has 0 spiro atoms. The molecule has 4 rings (SSSR count). The van der Waals surface area contributed by atoms with Gasteiger partial charge in [0.25, 0.3) is 5.91 Å². The van der Waals surface area contributed by atoms with Gasteiger partial charge in [-0.3, -0.25) is 4.79 Å². The van der Waals surface area contributed by atoms with Gasteiger partial charge in [0.2, 0.25) is 0 Å². The van der Waals surface area contributed by atoms with Crippen LogP contribution in [0, 0.1) is 0 Å².